The Morgan fingerprint density at radius 1 is 1.20 bits per heavy atom. The highest BCUT2D eigenvalue weighted by Crippen LogP contribution is 2.17. The van der Waals surface area contributed by atoms with Crippen molar-refractivity contribution in [2.75, 3.05) is 0 Å². The van der Waals surface area contributed by atoms with E-state index in [1.165, 1.54) is 4.88 Å². The standard InChI is InChI=1S/C16H18N2OS/c1-4-14-9-10-15(20-14)12(3)17-18-16(19)13-7-5-11(2)6-8-13/h5-10H,4H2,1-3H3,(H,18,19)/b17-12+. The molecule has 0 saturated heterocycles. The van der Waals surface area contributed by atoms with Gasteiger partial charge in [-0.25, -0.2) is 5.43 Å². The predicted octanol–water partition coefficient (Wildman–Crippen LogP) is 3.77. The maximum Gasteiger partial charge on any atom is 0.271 e. The molecule has 1 heterocycles. The van der Waals surface area contributed by atoms with E-state index in [2.05, 4.69) is 23.5 Å². The number of amides is 1. The van der Waals surface area contributed by atoms with Gasteiger partial charge in [-0.15, -0.1) is 11.3 Å². The minimum Gasteiger partial charge on any atom is -0.267 e. The Morgan fingerprint density at radius 3 is 2.50 bits per heavy atom. The molecule has 0 atom stereocenters. The highest BCUT2D eigenvalue weighted by molar-refractivity contribution is 7.14. The lowest BCUT2D eigenvalue weighted by molar-refractivity contribution is 0.0955. The summed E-state index contributed by atoms with van der Waals surface area (Å²) in [4.78, 5) is 14.3. The van der Waals surface area contributed by atoms with Gasteiger partial charge >= 0.3 is 0 Å². The van der Waals surface area contributed by atoms with Gasteiger partial charge in [-0.2, -0.15) is 5.10 Å². The normalized spacial score (nSPS) is 11.4. The van der Waals surface area contributed by atoms with E-state index < -0.39 is 0 Å². The van der Waals surface area contributed by atoms with Gasteiger partial charge in [0.25, 0.3) is 5.91 Å². The number of carbonyl (C=O) groups is 1. The molecule has 0 unspecified atom stereocenters. The lowest BCUT2D eigenvalue weighted by Gasteiger charge is -2.02. The Labute approximate surface area is 123 Å². The molecule has 0 spiro atoms. The quantitative estimate of drug-likeness (QED) is 0.674. The molecule has 0 bridgehead atoms. The van der Waals surface area contributed by atoms with Gasteiger partial charge in [-0.05, 0) is 44.5 Å². The molecule has 0 radical (unpaired) electrons. The molecule has 2 aromatic rings. The van der Waals surface area contributed by atoms with Gasteiger partial charge in [0, 0.05) is 10.4 Å². The van der Waals surface area contributed by atoms with Gasteiger partial charge < -0.3 is 0 Å². The van der Waals surface area contributed by atoms with Crippen molar-refractivity contribution in [3.05, 3.63) is 57.3 Å². The lowest BCUT2D eigenvalue weighted by Crippen LogP contribution is -2.19. The van der Waals surface area contributed by atoms with Crippen LogP contribution in [0.2, 0.25) is 0 Å². The molecule has 4 heteroatoms. The number of thiophene rings is 1. The molecule has 1 aromatic heterocycles. The highest BCUT2D eigenvalue weighted by Gasteiger charge is 2.05. The number of carbonyl (C=O) groups excluding carboxylic acids is 1. The first-order chi connectivity index (χ1) is 9.60. The summed E-state index contributed by atoms with van der Waals surface area (Å²) >= 11 is 1.71. The first-order valence-electron chi connectivity index (χ1n) is 6.60. The smallest absolute Gasteiger partial charge is 0.267 e. The number of nitrogens with zero attached hydrogens (tertiary/aromatic N) is 1. The second-order valence-corrected chi connectivity index (χ2v) is 5.79. The SMILES string of the molecule is CCc1ccc(/C(C)=N/NC(=O)c2ccc(C)cc2)s1. The third-order valence-corrected chi connectivity index (χ3v) is 4.34. The van der Waals surface area contributed by atoms with Crippen molar-refractivity contribution < 1.29 is 4.79 Å². The molecule has 0 fully saturated rings. The molecule has 0 saturated carbocycles. The third-order valence-electron chi connectivity index (χ3n) is 3.01. The number of benzene rings is 1. The largest absolute Gasteiger partial charge is 0.271 e. The molecule has 2 rings (SSSR count). The average Bonchev–Trinajstić information content (AvgIpc) is 2.94. The van der Waals surface area contributed by atoms with E-state index in [4.69, 9.17) is 0 Å². The minimum atomic E-state index is -0.184. The van der Waals surface area contributed by atoms with Crippen LogP contribution in [0, 0.1) is 6.92 Å². The van der Waals surface area contributed by atoms with Gasteiger partial charge in [0.15, 0.2) is 0 Å². The van der Waals surface area contributed by atoms with E-state index in [0.717, 1.165) is 22.6 Å². The van der Waals surface area contributed by atoms with Crippen molar-refractivity contribution in [3.63, 3.8) is 0 Å². The van der Waals surface area contributed by atoms with Crippen molar-refractivity contribution in [3.8, 4) is 0 Å². The lowest BCUT2D eigenvalue weighted by atomic mass is 10.1. The first kappa shape index (κ1) is 14.5. The Hall–Kier alpha value is -1.94. The summed E-state index contributed by atoms with van der Waals surface area (Å²) in [7, 11) is 0. The monoisotopic (exact) mass is 286 g/mol. The zero-order chi connectivity index (χ0) is 14.5. The summed E-state index contributed by atoms with van der Waals surface area (Å²) in [5.74, 6) is -0.184. The van der Waals surface area contributed by atoms with Crippen molar-refractivity contribution in [2.45, 2.75) is 27.2 Å². The molecule has 20 heavy (non-hydrogen) atoms. The van der Waals surface area contributed by atoms with Gasteiger partial charge in [-0.3, -0.25) is 4.79 Å². The van der Waals surface area contributed by atoms with Crippen LogP contribution in [-0.4, -0.2) is 11.6 Å². The molecule has 1 aromatic carbocycles. The fourth-order valence-electron chi connectivity index (χ4n) is 1.72. The Bertz CT molecular complexity index is 626. The number of hydrogen-bond acceptors (Lipinski definition) is 3. The van der Waals surface area contributed by atoms with Crippen LogP contribution in [0.3, 0.4) is 0 Å². The van der Waals surface area contributed by atoms with E-state index in [0.29, 0.717) is 5.56 Å². The van der Waals surface area contributed by atoms with Crippen LogP contribution in [0.1, 0.15) is 39.5 Å². The average molecular weight is 286 g/mol. The van der Waals surface area contributed by atoms with Crippen LogP contribution in [0.5, 0.6) is 0 Å². The zero-order valence-electron chi connectivity index (χ0n) is 11.9. The summed E-state index contributed by atoms with van der Waals surface area (Å²) in [6, 6.07) is 11.6. The number of aryl methyl sites for hydroxylation is 2. The van der Waals surface area contributed by atoms with Gasteiger partial charge in [-0.1, -0.05) is 24.6 Å². The molecule has 0 aliphatic heterocycles. The van der Waals surface area contributed by atoms with Crippen LogP contribution in [0.4, 0.5) is 0 Å². The fourth-order valence-corrected chi connectivity index (χ4v) is 2.61. The predicted molar refractivity (Wildman–Crippen MR) is 84.6 cm³/mol. The molecule has 1 N–H and O–H groups in total. The molecule has 0 aliphatic rings. The van der Waals surface area contributed by atoms with Gasteiger partial charge in [0.05, 0.1) is 10.6 Å². The van der Waals surface area contributed by atoms with Crippen molar-refractivity contribution >= 4 is 23.0 Å². The molecular weight excluding hydrogens is 268 g/mol. The van der Waals surface area contributed by atoms with Crippen LogP contribution in [0.25, 0.3) is 0 Å². The maximum absolute atomic E-state index is 11.9. The minimum absolute atomic E-state index is 0.184. The first-order valence-corrected chi connectivity index (χ1v) is 7.42. The van der Waals surface area contributed by atoms with Crippen molar-refractivity contribution in [1.82, 2.24) is 5.43 Å². The summed E-state index contributed by atoms with van der Waals surface area (Å²) in [5, 5.41) is 4.17. The zero-order valence-corrected chi connectivity index (χ0v) is 12.8. The van der Waals surface area contributed by atoms with Crippen molar-refractivity contribution in [2.24, 2.45) is 5.10 Å². The van der Waals surface area contributed by atoms with Gasteiger partial charge in [0.1, 0.15) is 0 Å². The number of nitrogens with one attached hydrogen (secondary N) is 1. The van der Waals surface area contributed by atoms with Crippen LogP contribution in [-0.2, 0) is 6.42 Å². The van der Waals surface area contributed by atoms with E-state index in [-0.39, 0.29) is 5.91 Å². The highest BCUT2D eigenvalue weighted by atomic mass is 32.1. The van der Waals surface area contributed by atoms with E-state index in [1.54, 1.807) is 23.5 Å². The van der Waals surface area contributed by atoms with Crippen LogP contribution >= 0.6 is 11.3 Å². The molecule has 0 aliphatic carbocycles. The number of hydrogen-bond donors (Lipinski definition) is 1. The van der Waals surface area contributed by atoms with E-state index >= 15 is 0 Å². The fraction of sp³-hybridized carbons (Fsp3) is 0.250. The Morgan fingerprint density at radius 2 is 1.90 bits per heavy atom. The Kier molecular flexibility index (Phi) is 4.69. The number of rotatable bonds is 4. The summed E-state index contributed by atoms with van der Waals surface area (Å²) in [6.07, 6.45) is 1.02. The van der Waals surface area contributed by atoms with Gasteiger partial charge in [0.2, 0.25) is 0 Å². The summed E-state index contributed by atoms with van der Waals surface area (Å²) in [5.41, 5.74) is 5.18. The molecule has 1 amide bonds. The second-order valence-electron chi connectivity index (χ2n) is 4.62. The van der Waals surface area contributed by atoms with E-state index in [9.17, 15) is 4.79 Å². The number of hydrazone groups is 1. The third kappa shape index (κ3) is 3.54. The molecular formula is C16H18N2OS. The van der Waals surface area contributed by atoms with E-state index in [1.807, 2.05) is 32.0 Å². The summed E-state index contributed by atoms with van der Waals surface area (Å²) in [6.45, 7) is 6.02. The summed E-state index contributed by atoms with van der Waals surface area (Å²) < 4.78 is 0. The maximum atomic E-state index is 11.9. The molecule has 104 valence electrons. The topological polar surface area (TPSA) is 41.5 Å². The Balaban J connectivity index is 2.04. The van der Waals surface area contributed by atoms with Crippen LogP contribution in [0.15, 0.2) is 41.5 Å². The van der Waals surface area contributed by atoms with Crippen molar-refractivity contribution in [1.29, 1.82) is 0 Å². The van der Waals surface area contributed by atoms with Crippen LogP contribution < -0.4 is 5.43 Å². The molecule has 3 nitrogen and oxygen atoms in total. The second kappa shape index (κ2) is 6.48.